The molecule has 2 N–H and O–H groups in total. The number of hydrogen-bond donors (Lipinski definition) is 2. The Labute approximate surface area is 163 Å². The van der Waals surface area contributed by atoms with E-state index in [0.717, 1.165) is 11.1 Å². The summed E-state index contributed by atoms with van der Waals surface area (Å²) in [5.74, 6) is -0.664. The number of esters is 1. The largest absolute Gasteiger partial charge is 0.465 e. The van der Waals surface area contributed by atoms with E-state index in [1.807, 2.05) is 37.3 Å². The molecule has 28 heavy (non-hydrogen) atoms. The summed E-state index contributed by atoms with van der Waals surface area (Å²) in [7, 11) is 1.34. The van der Waals surface area contributed by atoms with Crippen molar-refractivity contribution < 1.29 is 14.3 Å². The highest BCUT2D eigenvalue weighted by atomic mass is 16.5. The van der Waals surface area contributed by atoms with Crippen molar-refractivity contribution in [1.82, 2.24) is 10.3 Å². The van der Waals surface area contributed by atoms with Gasteiger partial charge < -0.3 is 15.4 Å². The van der Waals surface area contributed by atoms with Crippen molar-refractivity contribution in [3.63, 3.8) is 0 Å². The number of amides is 1. The van der Waals surface area contributed by atoms with Gasteiger partial charge >= 0.3 is 5.97 Å². The van der Waals surface area contributed by atoms with E-state index >= 15 is 0 Å². The van der Waals surface area contributed by atoms with Crippen molar-refractivity contribution >= 4 is 23.3 Å². The predicted octanol–water partition coefficient (Wildman–Crippen LogP) is 3.85. The first-order valence-corrected chi connectivity index (χ1v) is 8.80. The molecule has 0 bridgehead atoms. The second-order valence-corrected chi connectivity index (χ2v) is 6.30. The molecule has 6 nitrogen and oxygen atoms in total. The van der Waals surface area contributed by atoms with Crippen LogP contribution in [0.15, 0.2) is 66.9 Å². The summed E-state index contributed by atoms with van der Waals surface area (Å²) in [6, 6.07) is 18.3. The molecule has 0 radical (unpaired) electrons. The van der Waals surface area contributed by atoms with Crippen molar-refractivity contribution in [2.24, 2.45) is 0 Å². The zero-order chi connectivity index (χ0) is 19.9. The molecular formula is C22H21N3O3. The average Bonchev–Trinajstić information content (AvgIpc) is 2.72. The van der Waals surface area contributed by atoms with Crippen LogP contribution in [0.2, 0.25) is 0 Å². The average molecular weight is 375 g/mol. The third kappa shape index (κ3) is 4.94. The van der Waals surface area contributed by atoms with Gasteiger partial charge in [-0.2, -0.15) is 0 Å². The summed E-state index contributed by atoms with van der Waals surface area (Å²) in [5.41, 5.74) is 4.32. The Morgan fingerprint density at radius 3 is 2.57 bits per heavy atom. The third-order valence-electron chi connectivity index (χ3n) is 4.10. The Morgan fingerprint density at radius 1 is 1.00 bits per heavy atom. The van der Waals surface area contributed by atoms with Gasteiger partial charge in [-0.1, -0.05) is 35.9 Å². The van der Waals surface area contributed by atoms with E-state index in [9.17, 15) is 9.59 Å². The molecule has 0 fully saturated rings. The number of pyridine rings is 1. The van der Waals surface area contributed by atoms with Crippen LogP contribution in [0, 0.1) is 6.92 Å². The van der Waals surface area contributed by atoms with E-state index in [0.29, 0.717) is 29.2 Å². The molecule has 3 rings (SSSR count). The number of rotatable bonds is 6. The van der Waals surface area contributed by atoms with Crippen LogP contribution in [-0.2, 0) is 11.3 Å². The number of aryl methyl sites for hydroxylation is 1. The minimum Gasteiger partial charge on any atom is -0.465 e. The van der Waals surface area contributed by atoms with E-state index in [2.05, 4.69) is 15.6 Å². The Hall–Kier alpha value is -3.67. The first-order chi connectivity index (χ1) is 13.5. The lowest BCUT2D eigenvalue weighted by atomic mass is 10.1. The molecule has 1 heterocycles. The number of benzene rings is 2. The van der Waals surface area contributed by atoms with Gasteiger partial charge in [0.2, 0.25) is 0 Å². The summed E-state index contributed by atoms with van der Waals surface area (Å²) in [4.78, 5) is 28.2. The van der Waals surface area contributed by atoms with Gasteiger partial charge in [0.05, 0.1) is 12.7 Å². The fourth-order valence-corrected chi connectivity index (χ4v) is 2.74. The summed E-state index contributed by atoms with van der Waals surface area (Å²) in [6.07, 6.45) is 1.56. The molecule has 1 aromatic heterocycles. The Kier molecular flexibility index (Phi) is 6.01. The predicted molar refractivity (Wildman–Crippen MR) is 108 cm³/mol. The second kappa shape index (κ2) is 8.81. The van der Waals surface area contributed by atoms with Crippen LogP contribution in [0.4, 0.5) is 11.4 Å². The number of nitrogens with one attached hydrogen (secondary N) is 2. The first-order valence-electron chi connectivity index (χ1n) is 8.80. The fraction of sp³-hybridized carbons (Fsp3) is 0.136. The highest BCUT2D eigenvalue weighted by Gasteiger charge is 2.09. The van der Waals surface area contributed by atoms with Crippen molar-refractivity contribution in [2.75, 3.05) is 12.4 Å². The van der Waals surface area contributed by atoms with Gasteiger partial charge in [-0.3, -0.25) is 9.78 Å². The summed E-state index contributed by atoms with van der Waals surface area (Å²) in [6.45, 7) is 2.44. The maximum Gasteiger partial charge on any atom is 0.337 e. The van der Waals surface area contributed by atoms with E-state index in [1.165, 1.54) is 7.11 Å². The van der Waals surface area contributed by atoms with Gasteiger partial charge in [-0.25, -0.2) is 4.79 Å². The van der Waals surface area contributed by atoms with Crippen molar-refractivity contribution in [3.05, 3.63) is 89.2 Å². The monoisotopic (exact) mass is 375 g/mol. The van der Waals surface area contributed by atoms with Crippen LogP contribution < -0.4 is 10.6 Å². The molecule has 0 saturated carbocycles. The number of nitrogens with zero attached hydrogens (tertiary/aromatic N) is 1. The number of carbonyl (C=O) groups excluding carboxylic acids is 2. The molecule has 0 atom stereocenters. The van der Waals surface area contributed by atoms with Gasteiger partial charge in [0.1, 0.15) is 5.69 Å². The lowest BCUT2D eigenvalue weighted by Gasteiger charge is -2.10. The molecule has 0 spiro atoms. The van der Waals surface area contributed by atoms with E-state index < -0.39 is 5.97 Å². The number of carbonyl (C=O) groups is 2. The van der Waals surface area contributed by atoms with Crippen LogP contribution in [0.5, 0.6) is 0 Å². The van der Waals surface area contributed by atoms with Crippen LogP contribution in [-0.4, -0.2) is 24.0 Å². The maximum absolute atomic E-state index is 12.4. The molecule has 2 aromatic carbocycles. The van der Waals surface area contributed by atoms with E-state index in [1.54, 1.807) is 36.5 Å². The van der Waals surface area contributed by atoms with E-state index in [-0.39, 0.29) is 5.91 Å². The maximum atomic E-state index is 12.4. The summed E-state index contributed by atoms with van der Waals surface area (Å²) in [5, 5.41) is 6.05. The summed E-state index contributed by atoms with van der Waals surface area (Å²) >= 11 is 0. The zero-order valence-corrected chi connectivity index (χ0v) is 15.7. The topological polar surface area (TPSA) is 80.3 Å². The lowest BCUT2D eigenvalue weighted by Crippen LogP contribution is -2.23. The third-order valence-corrected chi connectivity index (χ3v) is 4.10. The Morgan fingerprint density at radius 2 is 1.79 bits per heavy atom. The second-order valence-electron chi connectivity index (χ2n) is 6.30. The SMILES string of the molecule is COC(=O)c1cccc(Nc2ccnc(C(=O)NCc3cccc(C)c3)c2)c1. The molecule has 0 unspecified atom stereocenters. The number of aromatic nitrogens is 1. The fourth-order valence-electron chi connectivity index (χ4n) is 2.74. The molecule has 0 aliphatic heterocycles. The van der Waals surface area contributed by atoms with Gasteiger partial charge in [0.25, 0.3) is 5.91 Å². The number of hydrogen-bond acceptors (Lipinski definition) is 5. The standard InChI is InChI=1S/C22H21N3O3/c1-15-5-3-6-16(11-15)14-24-21(26)20-13-19(9-10-23-20)25-18-8-4-7-17(12-18)22(27)28-2/h3-13H,14H2,1-2H3,(H,23,25)(H,24,26). The van der Waals surface area contributed by atoms with Gasteiger partial charge in [-0.15, -0.1) is 0 Å². The van der Waals surface area contributed by atoms with Gasteiger partial charge in [0, 0.05) is 24.1 Å². The molecule has 1 amide bonds. The molecular weight excluding hydrogens is 354 g/mol. The highest BCUT2D eigenvalue weighted by Crippen LogP contribution is 2.18. The minimum absolute atomic E-state index is 0.256. The molecule has 0 aliphatic carbocycles. The van der Waals surface area contributed by atoms with Gasteiger partial charge in [0.15, 0.2) is 0 Å². The summed E-state index contributed by atoms with van der Waals surface area (Å²) < 4.78 is 4.73. The van der Waals surface area contributed by atoms with Crippen molar-refractivity contribution in [1.29, 1.82) is 0 Å². The Balaban J connectivity index is 1.68. The molecule has 142 valence electrons. The first kappa shape index (κ1) is 19.1. The highest BCUT2D eigenvalue weighted by molar-refractivity contribution is 5.93. The molecule has 0 saturated heterocycles. The number of anilines is 2. The molecule has 0 aliphatic rings. The zero-order valence-electron chi connectivity index (χ0n) is 15.7. The van der Waals surface area contributed by atoms with Crippen molar-refractivity contribution in [3.8, 4) is 0 Å². The van der Waals surface area contributed by atoms with Crippen LogP contribution in [0.1, 0.15) is 32.0 Å². The lowest BCUT2D eigenvalue weighted by molar-refractivity contribution is 0.0600. The minimum atomic E-state index is -0.408. The van der Waals surface area contributed by atoms with Crippen LogP contribution in [0.3, 0.4) is 0 Å². The number of ether oxygens (including phenoxy) is 1. The van der Waals surface area contributed by atoms with Crippen LogP contribution >= 0.6 is 0 Å². The molecule has 3 aromatic rings. The quantitative estimate of drug-likeness (QED) is 0.640. The molecule has 6 heteroatoms. The van der Waals surface area contributed by atoms with E-state index in [4.69, 9.17) is 4.74 Å². The van der Waals surface area contributed by atoms with Gasteiger partial charge in [-0.05, 0) is 42.8 Å². The number of methoxy groups -OCH3 is 1. The normalized spacial score (nSPS) is 10.2. The Bertz CT molecular complexity index is 1000. The van der Waals surface area contributed by atoms with Crippen molar-refractivity contribution in [2.45, 2.75) is 13.5 Å². The van der Waals surface area contributed by atoms with Crippen LogP contribution in [0.25, 0.3) is 0 Å². The smallest absolute Gasteiger partial charge is 0.337 e.